The van der Waals surface area contributed by atoms with Crippen molar-refractivity contribution in [2.45, 2.75) is 0 Å². The average Bonchev–Trinajstić information content (AvgIpc) is 3.17. The van der Waals surface area contributed by atoms with Crippen LogP contribution in [0.4, 0.5) is 0 Å². The molecule has 0 bridgehead atoms. The number of nitriles is 3. The molecule has 5 aromatic rings. The fourth-order valence-corrected chi connectivity index (χ4v) is 5.94. The van der Waals surface area contributed by atoms with E-state index in [2.05, 4.69) is 0 Å². The maximum atomic E-state index is 12.6. The van der Waals surface area contributed by atoms with E-state index >= 15 is 0 Å². The summed E-state index contributed by atoms with van der Waals surface area (Å²) >= 11 is 0. The molecule has 0 spiro atoms. The second-order valence-corrected chi connectivity index (χ2v) is 10.6. The van der Waals surface area contributed by atoms with Crippen LogP contribution in [0.2, 0.25) is 0 Å². The third-order valence-electron chi connectivity index (χ3n) is 8.07. The number of methoxy groups -OCH3 is 3. The van der Waals surface area contributed by atoms with Gasteiger partial charge in [-0.15, -0.1) is 0 Å². The van der Waals surface area contributed by atoms with Crippen molar-refractivity contribution in [1.29, 1.82) is 15.8 Å². The number of nitrogens with zero attached hydrogens (tertiary/aromatic N) is 3. The van der Waals surface area contributed by atoms with Crippen LogP contribution in [0, 0.1) is 34.0 Å². The van der Waals surface area contributed by atoms with Crippen molar-refractivity contribution >= 4 is 62.0 Å². The number of hydrogen-bond acceptors (Lipinski definition) is 10. The Morgan fingerprint density at radius 3 is 1.04 bits per heavy atom. The summed E-state index contributed by atoms with van der Waals surface area (Å²) in [4.78, 5) is 49.0. The van der Waals surface area contributed by atoms with Crippen molar-refractivity contribution in [3.8, 4) is 18.2 Å². The standard InChI is InChI=1S/C22H14N2O4.C18H11NO3/c1-27-21(25)17(11-23)19-13-7-3-5-9-15(13)20(18(12-24)22(26)28-2)16-10-6-4-8-14(16)19;1-22-18(21)15(10-19)16-11-6-2-4-8-13(11)17(20)14-9-5-3-7-12(14)16/h3-10H,1-2H3;2-9H,1H3. The Hall–Kier alpha value is -7.35. The topological polar surface area (TPSA) is 167 Å². The minimum absolute atomic E-state index is 0.102. The van der Waals surface area contributed by atoms with E-state index in [4.69, 9.17) is 14.2 Å². The molecule has 242 valence electrons. The van der Waals surface area contributed by atoms with Gasteiger partial charge in [0.25, 0.3) is 0 Å². The summed E-state index contributed by atoms with van der Waals surface area (Å²) in [6.45, 7) is 0. The predicted octanol–water partition coefficient (Wildman–Crippen LogP) is 4.42. The molecule has 0 fully saturated rings. The highest BCUT2D eigenvalue weighted by molar-refractivity contribution is 6.23. The molecule has 5 aromatic carbocycles. The van der Waals surface area contributed by atoms with Gasteiger partial charge in [0, 0.05) is 27.1 Å². The molecule has 10 nitrogen and oxygen atoms in total. The van der Waals surface area contributed by atoms with Crippen LogP contribution in [0.5, 0.6) is 0 Å². The number of benzene rings is 5. The molecular weight excluding hydrogens is 634 g/mol. The van der Waals surface area contributed by atoms with Gasteiger partial charge in [0.05, 0.1) is 21.3 Å². The summed E-state index contributed by atoms with van der Waals surface area (Å²) in [6.07, 6.45) is 0. The summed E-state index contributed by atoms with van der Waals surface area (Å²) in [6, 6.07) is 33.6. The monoisotopic (exact) mass is 659 g/mol. The van der Waals surface area contributed by atoms with Gasteiger partial charge in [0.15, 0.2) is 5.78 Å². The maximum absolute atomic E-state index is 12.6. The van der Waals surface area contributed by atoms with Crippen LogP contribution in [0.3, 0.4) is 0 Å². The molecule has 0 amide bonds. The lowest BCUT2D eigenvalue weighted by molar-refractivity contribution is -0.136. The average molecular weight is 660 g/mol. The van der Waals surface area contributed by atoms with Gasteiger partial charge in [-0.25, -0.2) is 14.4 Å². The fourth-order valence-electron chi connectivity index (χ4n) is 5.94. The summed E-state index contributed by atoms with van der Waals surface area (Å²) in [5.74, 6) is -2.35. The molecule has 0 aliphatic heterocycles. The Bertz CT molecular complexity index is 2340. The van der Waals surface area contributed by atoms with Crippen molar-refractivity contribution in [3.63, 3.8) is 0 Å². The lowest BCUT2D eigenvalue weighted by Crippen LogP contribution is -2.23. The Morgan fingerprint density at radius 1 is 0.460 bits per heavy atom. The van der Waals surface area contributed by atoms with Gasteiger partial charge in [-0.1, -0.05) is 97.1 Å². The smallest absolute Gasteiger partial charge is 0.349 e. The van der Waals surface area contributed by atoms with Crippen LogP contribution < -0.4 is 10.4 Å². The number of carbonyl (C=O) groups is 4. The van der Waals surface area contributed by atoms with Crippen LogP contribution in [-0.4, -0.2) is 45.0 Å². The van der Waals surface area contributed by atoms with E-state index in [1.54, 1.807) is 97.1 Å². The third kappa shape index (κ3) is 5.84. The van der Waals surface area contributed by atoms with Crippen molar-refractivity contribution in [1.82, 2.24) is 0 Å². The molecular formula is C40H25N3O7. The van der Waals surface area contributed by atoms with Gasteiger partial charge in [-0.2, -0.15) is 15.8 Å². The first kappa shape index (κ1) is 34.0. The summed E-state index contributed by atoms with van der Waals surface area (Å²) < 4.78 is 14.3. The molecule has 1 aliphatic rings. The van der Waals surface area contributed by atoms with Gasteiger partial charge in [0.2, 0.25) is 0 Å². The molecule has 6 rings (SSSR count). The molecule has 1 aliphatic carbocycles. The molecule has 0 N–H and O–H groups in total. The van der Waals surface area contributed by atoms with Crippen LogP contribution in [-0.2, 0) is 28.6 Å². The lowest BCUT2D eigenvalue weighted by Gasteiger charge is -2.22. The Morgan fingerprint density at radius 2 is 0.740 bits per heavy atom. The van der Waals surface area contributed by atoms with E-state index in [9.17, 15) is 35.0 Å². The zero-order valence-electron chi connectivity index (χ0n) is 26.9. The van der Waals surface area contributed by atoms with Crippen LogP contribution in [0.25, 0.3) is 38.3 Å². The fraction of sp³-hybridized carbons (Fsp3) is 0.0750. The van der Waals surface area contributed by atoms with E-state index in [1.165, 1.54) is 21.3 Å². The number of ether oxygens (including phenoxy) is 3. The number of esters is 3. The number of ketones is 1. The van der Waals surface area contributed by atoms with Gasteiger partial charge >= 0.3 is 17.9 Å². The highest BCUT2D eigenvalue weighted by atomic mass is 16.5. The van der Waals surface area contributed by atoms with Crippen LogP contribution >= 0.6 is 0 Å². The molecule has 0 saturated carbocycles. The highest BCUT2D eigenvalue weighted by Crippen LogP contribution is 2.37. The molecule has 10 heteroatoms. The maximum Gasteiger partial charge on any atom is 0.349 e. The quantitative estimate of drug-likeness (QED) is 0.0872. The van der Waals surface area contributed by atoms with Gasteiger partial charge in [0.1, 0.15) is 34.9 Å². The molecule has 0 heterocycles. The molecule has 0 atom stereocenters. The van der Waals surface area contributed by atoms with Gasteiger partial charge < -0.3 is 14.2 Å². The lowest BCUT2D eigenvalue weighted by atomic mass is 9.79. The second kappa shape index (κ2) is 14.6. The Labute approximate surface area is 285 Å². The summed E-state index contributed by atoms with van der Waals surface area (Å²) in [5.41, 5.74) is 2.15. The first-order valence-corrected chi connectivity index (χ1v) is 14.9. The molecule has 50 heavy (non-hydrogen) atoms. The SMILES string of the molecule is COC(=O)C(C#N)=C1c2ccccc2C(=O)c2ccccc21.COC(=O)C(C#N)=c1c2ccccc2c(=C(C#N)C(=O)OC)c2ccccc12. The number of carbonyl (C=O) groups excluding carboxylic acids is 4. The first-order valence-electron chi connectivity index (χ1n) is 14.9. The molecule has 0 radical (unpaired) electrons. The molecule has 0 saturated heterocycles. The minimum atomic E-state index is -0.761. The van der Waals surface area contributed by atoms with E-state index in [-0.39, 0.29) is 22.5 Å². The van der Waals surface area contributed by atoms with E-state index < -0.39 is 17.9 Å². The number of rotatable bonds is 3. The van der Waals surface area contributed by atoms with Crippen molar-refractivity contribution in [2.24, 2.45) is 0 Å². The van der Waals surface area contributed by atoms with E-state index in [0.717, 1.165) is 0 Å². The van der Waals surface area contributed by atoms with E-state index in [1.807, 2.05) is 18.2 Å². The normalized spacial score (nSPS) is 10.9. The van der Waals surface area contributed by atoms with Crippen LogP contribution in [0.15, 0.2) is 103 Å². The predicted molar refractivity (Wildman–Crippen MR) is 183 cm³/mol. The Kier molecular flexibility index (Phi) is 9.93. The van der Waals surface area contributed by atoms with Gasteiger partial charge in [-0.05, 0) is 32.7 Å². The van der Waals surface area contributed by atoms with Crippen molar-refractivity contribution in [3.05, 3.63) is 135 Å². The Balaban J connectivity index is 0.000000200. The molecule has 0 aromatic heterocycles. The van der Waals surface area contributed by atoms with E-state index in [0.29, 0.717) is 59.8 Å². The summed E-state index contributed by atoms with van der Waals surface area (Å²) in [5, 5.41) is 31.7. The molecule has 0 unspecified atom stereocenters. The largest absolute Gasteiger partial charge is 0.465 e. The summed E-state index contributed by atoms with van der Waals surface area (Å²) in [7, 11) is 3.64. The van der Waals surface area contributed by atoms with Crippen molar-refractivity contribution in [2.75, 3.05) is 21.3 Å². The highest BCUT2D eigenvalue weighted by Gasteiger charge is 2.30. The zero-order valence-corrected chi connectivity index (χ0v) is 26.9. The minimum Gasteiger partial charge on any atom is -0.465 e. The number of hydrogen-bond donors (Lipinski definition) is 0. The van der Waals surface area contributed by atoms with Crippen molar-refractivity contribution < 1.29 is 33.4 Å². The number of fused-ring (bicyclic) bond motifs is 4. The van der Waals surface area contributed by atoms with Crippen LogP contribution in [0.1, 0.15) is 27.0 Å². The van der Waals surface area contributed by atoms with Gasteiger partial charge in [-0.3, -0.25) is 4.79 Å². The third-order valence-corrected chi connectivity index (χ3v) is 8.07. The zero-order chi connectivity index (χ0) is 35.9. The first-order chi connectivity index (χ1) is 24.3. The second-order valence-electron chi connectivity index (χ2n) is 10.6.